The average molecular weight is 552 g/mol. The number of anilines is 5. The van der Waals surface area contributed by atoms with Crippen molar-refractivity contribution in [2.75, 3.05) is 67.5 Å². The van der Waals surface area contributed by atoms with E-state index in [4.69, 9.17) is 9.57 Å². The molecule has 2 aromatic carbocycles. The van der Waals surface area contributed by atoms with Crippen LogP contribution in [0.15, 0.2) is 55.4 Å². The molecule has 40 heavy (non-hydrogen) atoms. The molecular weight excluding hydrogens is 520 g/mol. The van der Waals surface area contributed by atoms with Gasteiger partial charge in [-0.05, 0) is 37.4 Å². The largest absolute Gasteiger partial charge is 0.494 e. The van der Waals surface area contributed by atoms with E-state index in [1.807, 2.05) is 6.07 Å². The summed E-state index contributed by atoms with van der Waals surface area (Å²) in [4.78, 5) is 31.1. The number of halogens is 2. The van der Waals surface area contributed by atoms with Gasteiger partial charge in [-0.2, -0.15) is 0 Å². The lowest BCUT2D eigenvalue weighted by Crippen LogP contribution is -2.44. The Morgan fingerprint density at radius 3 is 2.67 bits per heavy atom. The number of amides is 1. The summed E-state index contributed by atoms with van der Waals surface area (Å²) in [5.41, 5.74) is 2.17. The molecule has 3 heterocycles. The quantitative estimate of drug-likeness (QED) is 0.398. The summed E-state index contributed by atoms with van der Waals surface area (Å²) in [6.45, 7) is 7.25. The van der Waals surface area contributed by atoms with E-state index in [1.165, 1.54) is 23.5 Å². The van der Waals surface area contributed by atoms with Gasteiger partial charge in [-0.15, -0.1) is 0 Å². The number of carbonyl (C=O) groups is 1. The number of benzene rings is 2. The highest BCUT2D eigenvalue weighted by Crippen LogP contribution is 2.40. The van der Waals surface area contributed by atoms with Gasteiger partial charge < -0.3 is 25.2 Å². The van der Waals surface area contributed by atoms with Crippen LogP contribution in [0.2, 0.25) is 0 Å². The molecule has 0 saturated carbocycles. The van der Waals surface area contributed by atoms with Crippen molar-refractivity contribution in [1.29, 1.82) is 0 Å². The van der Waals surface area contributed by atoms with Gasteiger partial charge in [0.1, 0.15) is 29.5 Å². The fourth-order valence-corrected chi connectivity index (χ4v) is 4.85. The SMILES string of the molecule is C=CC(=O)Nc1cc(Nc2cc(N3OCCC3c3cc(F)ccc3F)ncn2)c(OC)cc1N1CCN(C)CC1. The van der Waals surface area contributed by atoms with E-state index in [-0.39, 0.29) is 11.5 Å². The number of nitrogens with zero attached hydrogens (tertiary/aromatic N) is 5. The Kier molecular flexibility index (Phi) is 8.08. The van der Waals surface area contributed by atoms with Crippen LogP contribution in [-0.4, -0.2) is 67.7 Å². The van der Waals surface area contributed by atoms with E-state index in [9.17, 15) is 13.6 Å². The highest BCUT2D eigenvalue weighted by atomic mass is 19.1. The molecule has 2 aliphatic rings. The fraction of sp³-hybridized carbons (Fsp3) is 0.321. The van der Waals surface area contributed by atoms with Crippen LogP contribution in [0.5, 0.6) is 5.75 Å². The second kappa shape index (κ2) is 11.8. The number of piperazine rings is 1. The van der Waals surface area contributed by atoms with Crippen molar-refractivity contribution >= 4 is 34.6 Å². The average Bonchev–Trinajstić information content (AvgIpc) is 3.45. The number of methoxy groups -OCH3 is 1. The molecule has 210 valence electrons. The number of ether oxygens (including phenoxy) is 1. The number of rotatable bonds is 8. The molecule has 1 aromatic heterocycles. The van der Waals surface area contributed by atoms with Gasteiger partial charge in [0.25, 0.3) is 0 Å². The molecule has 2 saturated heterocycles. The molecule has 0 bridgehead atoms. The summed E-state index contributed by atoms with van der Waals surface area (Å²) in [6, 6.07) is 8.11. The smallest absolute Gasteiger partial charge is 0.247 e. The van der Waals surface area contributed by atoms with Gasteiger partial charge >= 0.3 is 0 Å². The summed E-state index contributed by atoms with van der Waals surface area (Å²) >= 11 is 0. The van der Waals surface area contributed by atoms with Crippen molar-refractivity contribution in [3.8, 4) is 5.75 Å². The van der Waals surface area contributed by atoms with Crippen LogP contribution < -0.4 is 25.3 Å². The molecule has 3 aromatic rings. The maximum absolute atomic E-state index is 14.6. The monoisotopic (exact) mass is 551 g/mol. The van der Waals surface area contributed by atoms with Crippen molar-refractivity contribution in [2.45, 2.75) is 12.5 Å². The highest BCUT2D eigenvalue weighted by Gasteiger charge is 2.31. The van der Waals surface area contributed by atoms with E-state index < -0.39 is 17.7 Å². The van der Waals surface area contributed by atoms with Crippen molar-refractivity contribution in [2.24, 2.45) is 0 Å². The Bertz CT molecular complexity index is 1400. The predicted molar refractivity (Wildman–Crippen MR) is 149 cm³/mol. The normalized spacial score (nSPS) is 17.6. The standard InChI is InChI=1S/C28H31F2N7O3/c1-4-28(38)34-21-14-22(25(39-3)15-24(21)36-10-8-35(2)9-11-36)33-26-16-27(32-17-31-26)37-23(7-12-40-37)19-13-18(29)5-6-20(19)30/h4-6,13-17,23H,1,7-12H2,2-3H3,(H,34,38)(H,31,32,33). The molecule has 1 atom stereocenters. The van der Waals surface area contributed by atoms with Crippen LogP contribution >= 0.6 is 0 Å². The lowest BCUT2D eigenvalue weighted by Gasteiger charge is -2.35. The van der Waals surface area contributed by atoms with E-state index in [1.54, 1.807) is 19.2 Å². The second-order valence-electron chi connectivity index (χ2n) is 9.57. The Hall–Kier alpha value is -4.29. The number of aromatic nitrogens is 2. The first kappa shape index (κ1) is 27.3. The number of hydroxylamine groups is 1. The zero-order valence-electron chi connectivity index (χ0n) is 22.4. The summed E-state index contributed by atoms with van der Waals surface area (Å²) < 4.78 is 34.1. The van der Waals surface area contributed by atoms with E-state index in [2.05, 4.69) is 44.0 Å². The van der Waals surface area contributed by atoms with Gasteiger partial charge in [-0.1, -0.05) is 6.58 Å². The number of likely N-dealkylation sites (N-methyl/N-ethyl adjacent to an activating group) is 1. The summed E-state index contributed by atoms with van der Waals surface area (Å²) in [6.07, 6.45) is 3.03. The van der Waals surface area contributed by atoms with Gasteiger partial charge in [0.2, 0.25) is 5.91 Å². The number of carbonyl (C=O) groups excluding carboxylic acids is 1. The fourth-order valence-electron chi connectivity index (χ4n) is 4.85. The van der Waals surface area contributed by atoms with E-state index >= 15 is 0 Å². The molecule has 2 aliphatic heterocycles. The lowest BCUT2D eigenvalue weighted by atomic mass is 10.0. The molecule has 0 spiro atoms. The van der Waals surface area contributed by atoms with E-state index in [0.717, 1.165) is 44.0 Å². The first-order valence-corrected chi connectivity index (χ1v) is 12.9. The van der Waals surface area contributed by atoms with Crippen molar-refractivity contribution in [3.05, 3.63) is 72.6 Å². The van der Waals surface area contributed by atoms with Crippen molar-refractivity contribution < 1.29 is 23.1 Å². The minimum atomic E-state index is -0.559. The molecular formula is C28H31F2N7O3. The zero-order chi connectivity index (χ0) is 28.2. The third-order valence-electron chi connectivity index (χ3n) is 6.97. The molecule has 2 fully saturated rings. The predicted octanol–water partition coefficient (Wildman–Crippen LogP) is 4.27. The topological polar surface area (TPSA) is 95.1 Å². The van der Waals surface area contributed by atoms with Gasteiger partial charge in [0.05, 0.1) is 36.8 Å². The lowest BCUT2D eigenvalue weighted by molar-refractivity contribution is -0.111. The van der Waals surface area contributed by atoms with Crippen LogP contribution in [0.4, 0.5) is 37.5 Å². The van der Waals surface area contributed by atoms with Crippen LogP contribution in [-0.2, 0) is 9.63 Å². The number of hydrogen-bond donors (Lipinski definition) is 2. The van der Waals surface area contributed by atoms with E-state index in [0.29, 0.717) is 41.8 Å². The summed E-state index contributed by atoms with van der Waals surface area (Å²) in [7, 11) is 3.64. The van der Waals surface area contributed by atoms with Crippen molar-refractivity contribution in [1.82, 2.24) is 14.9 Å². The summed E-state index contributed by atoms with van der Waals surface area (Å²) in [5.74, 6) is -0.0590. The Morgan fingerprint density at radius 2 is 1.93 bits per heavy atom. The second-order valence-corrected chi connectivity index (χ2v) is 9.57. The molecule has 0 radical (unpaired) electrons. The van der Waals surface area contributed by atoms with Crippen molar-refractivity contribution in [3.63, 3.8) is 0 Å². The Labute approximate surface area is 231 Å². The van der Waals surface area contributed by atoms with Gasteiger partial charge in [0.15, 0.2) is 5.82 Å². The molecule has 12 heteroatoms. The first-order valence-electron chi connectivity index (χ1n) is 12.9. The Balaban J connectivity index is 1.45. The van der Waals surface area contributed by atoms with Gasteiger partial charge in [0, 0.05) is 50.3 Å². The third-order valence-corrected chi connectivity index (χ3v) is 6.97. The van der Waals surface area contributed by atoms with Crippen LogP contribution in [0.1, 0.15) is 18.0 Å². The van der Waals surface area contributed by atoms with Gasteiger partial charge in [-0.3, -0.25) is 9.63 Å². The highest BCUT2D eigenvalue weighted by molar-refractivity contribution is 6.02. The molecule has 0 aliphatic carbocycles. The van der Waals surface area contributed by atoms with Crippen LogP contribution in [0, 0.1) is 11.6 Å². The maximum atomic E-state index is 14.6. The van der Waals surface area contributed by atoms with Gasteiger partial charge in [-0.25, -0.2) is 23.8 Å². The molecule has 10 nitrogen and oxygen atoms in total. The third kappa shape index (κ3) is 5.82. The molecule has 1 unspecified atom stereocenters. The molecule has 1 amide bonds. The summed E-state index contributed by atoms with van der Waals surface area (Å²) in [5, 5.41) is 7.60. The Morgan fingerprint density at radius 1 is 1.12 bits per heavy atom. The zero-order valence-corrected chi connectivity index (χ0v) is 22.4. The number of hydrogen-bond acceptors (Lipinski definition) is 9. The van der Waals surface area contributed by atoms with Crippen LogP contribution in [0.25, 0.3) is 0 Å². The molecule has 5 rings (SSSR count). The first-order chi connectivity index (χ1) is 19.4. The maximum Gasteiger partial charge on any atom is 0.247 e. The minimum Gasteiger partial charge on any atom is -0.494 e. The van der Waals surface area contributed by atoms with Crippen LogP contribution in [0.3, 0.4) is 0 Å². The molecule has 2 N–H and O–H groups in total. The number of nitrogens with one attached hydrogen (secondary N) is 2. The minimum absolute atomic E-state index is 0.189.